The van der Waals surface area contributed by atoms with Gasteiger partial charge in [0.25, 0.3) is 0 Å². The van der Waals surface area contributed by atoms with Gasteiger partial charge in [0.05, 0.1) is 13.3 Å². The Kier molecular flexibility index (Phi) is 4.88. The van der Waals surface area contributed by atoms with E-state index in [1.165, 1.54) is 5.56 Å². The van der Waals surface area contributed by atoms with Gasteiger partial charge in [0.15, 0.2) is 0 Å². The average molecular weight is 303 g/mol. The first-order valence-electron chi connectivity index (χ1n) is 7.40. The van der Waals surface area contributed by atoms with Gasteiger partial charge in [-0.05, 0) is 37.5 Å². The van der Waals surface area contributed by atoms with E-state index in [4.69, 9.17) is 4.74 Å². The third-order valence-electron chi connectivity index (χ3n) is 3.85. The second-order valence-corrected chi connectivity index (χ2v) is 6.04. The first-order valence-corrected chi connectivity index (χ1v) is 7.40. The first kappa shape index (κ1) is 16.5. The zero-order valence-electron chi connectivity index (χ0n) is 14.0. The van der Waals surface area contributed by atoms with Crippen molar-refractivity contribution >= 4 is 0 Å². The maximum Gasteiger partial charge on any atom is 0.124 e. The summed E-state index contributed by atoms with van der Waals surface area (Å²) in [6.07, 6.45) is 3.53. The van der Waals surface area contributed by atoms with Crippen LogP contribution in [0.3, 0.4) is 0 Å². The van der Waals surface area contributed by atoms with Gasteiger partial charge in [-0.2, -0.15) is 5.10 Å². The number of nitrogens with one attached hydrogen (secondary N) is 1. The van der Waals surface area contributed by atoms with Crippen molar-refractivity contribution in [3.8, 4) is 5.75 Å². The van der Waals surface area contributed by atoms with Crippen LogP contribution in [-0.4, -0.2) is 28.5 Å². The minimum atomic E-state index is -0.940. The van der Waals surface area contributed by atoms with Crippen LogP contribution in [0.2, 0.25) is 0 Å². The molecule has 0 saturated carbocycles. The third kappa shape index (κ3) is 3.67. The van der Waals surface area contributed by atoms with Crippen molar-refractivity contribution in [2.24, 2.45) is 7.05 Å². The van der Waals surface area contributed by atoms with Gasteiger partial charge in [-0.15, -0.1) is 0 Å². The van der Waals surface area contributed by atoms with Crippen LogP contribution < -0.4 is 10.1 Å². The van der Waals surface area contributed by atoms with Crippen molar-refractivity contribution in [2.75, 3.05) is 13.7 Å². The summed E-state index contributed by atoms with van der Waals surface area (Å²) in [7, 11) is 3.54. The zero-order valence-corrected chi connectivity index (χ0v) is 14.0. The fraction of sp³-hybridized carbons (Fsp3) is 0.471. The number of methoxy groups -OCH3 is 1. The molecule has 0 aliphatic carbocycles. The SMILES string of the molecule is COc1c(C)cc(CNCC(C)(O)c2cnn(C)c2)cc1C. The van der Waals surface area contributed by atoms with E-state index in [1.807, 2.05) is 27.1 Å². The van der Waals surface area contributed by atoms with E-state index in [-0.39, 0.29) is 0 Å². The Morgan fingerprint density at radius 3 is 2.45 bits per heavy atom. The van der Waals surface area contributed by atoms with E-state index in [2.05, 4.69) is 22.5 Å². The monoisotopic (exact) mass is 303 g/mol. The molecule has 2 rings (SSSR count). The summed E-state index contributed by atoms with van der Waals surface area (Å²) in [6.45, 7) is 7.04. The van der Waals surface area contributed by atoms with Crippen molar-refractivity contribution in [3.05, 3.63) is 46.8 Å². The molecule has 1 heterocycles. The molecular weight excluding hydrogens is 278 g/mol. The smallest absolute Gasteiger partial charge is 0.124 e. The Hall–Kier alpha value is -1.85. The Morgan fingerprint density at radius 1 is 1.32 bits per heavy atom. The predicted octanol–water partition coefficient (Wildman–Crippen LogP) is 2.04. The van der Waals surface area contributed by atoms with E-state index in [9.17, 15) is 5.11 Å². The number of nitrogens with zero attached hydrogens (tertiary/aromatic N) is 2. The standard InChI is InChI=1S/C17H25N3O2/c1-12-6-14(7-13(2)16(12)22-5)8-18-11-17(3,21)15-9-19-20(4)10-15/h6-7,9-10,18,21H,8,11H2,1-5H3. The average Bonchev–Trinajstić information content (AvgIpc) is 2.86. The lowest BCUT2D eigenvalue weighted by atomic mass is 9.99. The summed E-state index contributed by atoms with van der Waals surface area (Å²) >= 11 is 0. The number of rotatable bonds is 6. The van der Waals surface area contributed by atoms with Crippen LogP contribution in [0, 0.1) is 13.8 Å². The van der Waals surface area contributed by atoms with Gasteiger partial charge in [0.1, 0.15) is 11.4 Å². The molecule has 5 nitrogen and oxygen atoms in total. The van der Waals surface area contributed by atoms with Crippen molar-refractivity contribution in [3.63, 3.8) is 0 Å². The maximum absolute atomic E-state index is 10.5. The second-order valence-electron chi connectivity index (χ2n) is 6.04. The highest BCUT2D eigenvalue weighted by Gasteiger charge is 2.24. The third-order valence-corrected chi connectivity index (χ3v) is 3.85. The van der Waals surface area contributed by atoms with Crippen LogP contribution in [0.1, 0.15) is 29.2 Å². The normalized spacial score (nSPS) is 13.9. The van der Waals surface area contributed by atoms with Gasteiger partial charge in [-0.3, -0.25) is 4.68 Å². The molecule has 1 aromatic heterocycles. The molecule has 1 aromatic carbocycles. The van der Waals surface area contributed by atoms with E-state index in [0.29, 0.717) is 13.1 Å². The van der Waals surface area contributed by atoms with Crippen molar-refractivity contribution < 1.29 is 9.84 Å². The van der Waals surface area contributed by atoms with Gasteiger partial charge in [-0.1, -0.05) is 12.1 Å². The number of ether oxygens (including phenoxy) is 1. The lowest BCUT2D eigenvalue weighted by molar-refractivity contribution is 0.0566. The van der Waals surface area contributed by atoms with Gasteiger partial charge in [0.2, 0.25) is 0 Å². The Balaban J connectivity index is 1.99. The molecule has 0 spiro atoms. The summed E-state index contributed by atoms with van der Waals surface area (Å²) in [5.74, 6) is 0.936. The molecule has 120 valence electrons. The molecule has 0 fully saturated rings. The van der Waals surface area contributed by atoms with Crippen LogP contribution >= 0.6 is 0 Å². The minimum absolute atomic E-state index is 0.461. The number of benzene rings is 1. The van der Waals surface area contributed by atoms with Gasteiger partial charge < -0.3 is 15.2 Å². The number of aromatic nitrogens is 2. The second kappa shape index (κ2) is 6.50. The lowest BCUT2D eigenvalue weighted by Gasteiger charge is -2.22. The van der Waals surface area contributed by atoms with E-state index < -0.39 is 5.60 Å². The van der Waals surface area contributed by atoms with Crippen LogP contribution in [0.15, 0.2) is 24.5 Å². The first-order chi connectivity index (χ1) is 10.3. The van der Waals surface area contributed by atoms with Gasteiger partial charge >= 0.3 is 0 Å². The molecule has 2 N–H and O–H groups in total. The van der Waals surface area contributed by atoms with Crippen molar-refractivity contribution in [2.45, 2.75) is 32.9 Å². The van der Waals surface area contributed by atoms with Crippen LogP contribution in [0.5, 0.6) is 5.75 Å². The fourth-order valence-corrected chi connectivity index (χ4v) is 2.72. The summed E-state index contributed by atoms with van der Waals surface area (Å²) < 4.78 is 7.07. The van der Waals surface area contributed by atoms with Crippen molar-refractivity contribution in [1.29, 1.82) is 0 Å². The van der Waals surface area contributed by atoms with Crippen LogP contribution in [0.4, 0.5) is 0 Å². The summed E-state index contributed by atoms with van der Waals surface area (Å²) in [4.78, 5) is 0. The Bertz CT molecular complexity index is 624. The molecule has 2 aromatic rings. The topological polar surface area (TPSA) is 59.3 Å². The summed E-state index contributed by atoms with van der Waals surface area (Å²) in [5, 5.41) is 18.0. The number of hydrogen-bond acceptors (Lipinski definition) is 4. The minimum Gasteiger partial charge on any atom is -0.496 e. The predicted molar refractivity (Wildman–Crippen MR) is 87.0 cm³/mol. The summed E-state index contributed by atoms with van der Waals surface area (Å²) in [5.41, 5.74) is 3.30. The van der Waals surface area contributed by atoms with Crippen LogP contribution in [-0.2, 0) is 19.2 Å². The fourth-order valence-electron chi connectivity index (χ4n) is 2.72. The molecule has 0 bridgehead atoms. The molecule has 0 amide bonds. The van der Waals surface area contributed by atoms with Gasteiger partial charge in [-0.25, -0.2) is 0 Å². The Morgan fingerprint density at radius 2 is 1.95 bits per heavy atom. The maximum atomic E-state index is 10.5. The molecule has 1 atom stereocenters. The molecule has 1 unspecified atom stereocenters. The lowest BCUT2D eigenvalue weighted by Crippen LogP contribution is -2.34. The van der Waals surface area contributed by atoms with Crippen LogP contribution in [0.25, 0.3) is 0 Å². The number of hydrogen-bond donors (Lipinski definition) is 2. The molecule has 5 heteroatoms. The molecule has 0 aliphatic rings. The van der Waals surface area contributed by atoms with E-state index >= 15 is 0 Å². The number of aliphatic hydroxyl groups is 1. The molecule has 0 radical (unpaired) electrons. The quantitative estimate of drug-likeness (QED) is 0.857. The highest BCUT2D eigenvalue weighted by Crippen LogP contribution is 2.24. The summed E-state index contributed by atoms with van der Waals surface area (Å²) in [6, 6.07) is 4.22. The largest absolute Gasteiger partial charge is 0.496 e. The molecular formula is C17H25N3O2. The van der Waals surface area contributed by atoms with Crippen molar-refractivity contribution in [1.82, 2.24) is 15.1 Å². The molecule has 0 aliphatic heterocycles. The van der Waals surface area contributed by atoms with E-state index in [1.54, 1.807) is 24.9 Å². The Labute approximate surface area is 131 Å². The highest BCUT2D eigenvalue weighted by atomic mass is 16.5. The highest BCUT2D eigenvalue weighted by molar-refractivity contribution is 5.43. The van der Waals surface area contributed by atoms with E-state index in [0.717, 1.165) is 22.4 Å². The van der Waals surface area contributed by atoms with Gasteiger partial charge in [0, 0.05) is 31.9 Å². The zero-order chi connectivity index (χ0) is 16.3. The molecule has 0 saturated heterocycles. The number of aryl methyl sites for hydroxylation is 3. The molecule has 22 heavy (non-hydrogen) atoms.